The molecule has 10 heteroatoms. The standard InChI is InChI=1S/C31H38ClN3O5S/c1-6-23(3)33-31(37)28(19-24-11-8-7-9-12-24)34(20-25-13-10-14-26(32)18-25)30(36)21-35(41(5,38)39)27-17-22(2)15-16-29(27)40-4/h7-18,23,28H,6,19-21H2,1-5H3,(H,33,37)/t23-,28+/m0/s1. The molecule has 2 atom stereocenters. The fourth-order valence-corrected chi connectivity index (χ4v) is 5.47. The number of rotatable bonds is 13. The van der Waals surface area contributed by atoms with Gasteiger partial charge in [0.1, 0.15) is 18.3 Å². The van der Waals surface area contributed by atoms with E-state index in [-0.39, 0.29) is 30.6 Å². The van der Waals surface area contributed by atoms with Gasteiger partial charge in [-0.1, -0.05) is 67.1 Å². The summed E-state index contributed by atoms with van der Waals surface area (Å²) in [7, 11) is -2.48. The normalized spacial score (nSPS) is 12.7. The Morgan fingerprint density at radius 2 is 1.68 bits per heavy atom. The zero-order valence-corrected chi connectivity index (χ0v) is 25.7. The summed E-state index contributed by atoms with van der Waals surface area (Å²) in [4.78, 5) is 29.4. The number of amides is 2. The van der Waals surface area contributed by atoms with Crippen LogP contribution in [-0.4, -0.2) is 57.1 Å². The first-order chi connectivity index (χ1) is 19.4. The number of hydrogen-bond acceptors (Lipinski definition) is 5. The molecule has 0 heterocycles. The maximum absolute atomic E-state index is 14.2. The lowest BCUT2D eigenvalue weighted by atomic mass is 10.0. The van der Waals surface area contributed by atoms with Crippen molar-refractivity contribution in [2.75, 3.05) is 24.2 Å². The zero-order chi connectivity index (χ0) is 30.2. The van der Waals surface area contributed by atoms with Crippen molar-refractivity contribution in [1.29, 1.82) is 0 Å². The van der Waals surface area contributed by atoms with Crippen molar-refractivity contribution >= 4 is 39.1 Å². The first-order valence-electron chi connectivity index (χ1n) is 13.4. The van der Waals surface area contributed by atoms with Crippen molar-refractivity contribution in [2.45, 2.75) is 52.2 Å². The summed E-state index contributed by atoms with van der Waals surface area (Å²) in [6.07, 6.45) is 1.99. The molecule has 0 aliphatic carbocycles. The summed E-state index contributed by atoms with van der Waals surface area (Å²) in [5, 5.41) is 3.50. The third-order valence-electron chi connectivity index (χ3n) is 6.80. The number of benzene rings is 3. The van der Waals surface area contributed by atoms with E-state index in [4.69, 9.17) is 16.3 Å². The number of methoxy groups -OCH3 is 1. The highest BCUT2D eigenvalue weighted by atomic mass is 35.5. The first kappa shape index (κ1) is 32.0. The Morgan fingerprint density at radius 1 is 1.00 bits per heavy atom. The molecule has 3 aromatic rings. The minimum atomic E-state index is -3.92. The number of halogens is 1. The van der Waals surface area contributed by atoms with Crippen LogP contribution < -0.4 is 14.4 Å². The minimum Gasteiger partial charge on any atom is -0.495 e. The van der Waals surface area contributed by atoms with Crippen LogP contribution in [0.15, 0.2) is 72.8 Å². The van der Waals surface area contributed by atoms with Gasteiger partial charge in [0.15, 0.2) is 0 Å². The minimum absolute atomic E-state index is 0.0490. The molecule has 0 fully saturated rings. The van der Waals surface area contributed by atoms with E-state index in [1.807, 2.05) is 57.2 Å². The van der Waals surface area contributed by atoms with Crippen LogP contribution in [0, 0.1) is 6.92 Å². The molecule has 0 saturated heterocycles. The van der Waals surface area contributed by atoms with Crippen molar-refractivity contribution in [2.24, 2.45) is 0 Å². The molecule has 0 aliphatic heterocycles. The lowest BCUT2D eigenvalue weighted by Gasteiger charge is -2.34. The zero-order valence-electron chi connectivity index (χ0n) is 24.1. The predicted octanol–water partition coefficient (Wildman–Crippen LogP) is 4.98. The van der Waals surface area contributed by atoms with E-state index in [9.17, 15) is 18.0 Å². The van der Waals surface area contributed by atoms with Gasteiger partial charge in [-0.3, -0.25) is 13.9 Å². The van der Waals surface area contributed by atoms with Crippen molar-refractivity contribution in [1.82, 2.24) is 10.2 Å². The van der Waals surface area contributed by atoms with Gasteiger partial charge < -0.3 is 15.0 Å². The van der Waals surface area contributed by atoms with Gasteiger partial charge in [0.2, 0.25) is 21.8 Å². The number of sulfonamides is 1. The highest BCUT2D eigenvalue weighted by molar-refractivity contribution is 7.92. The van der Waals surface area contributed by atoms with Crippen LogP contribution in [0.3, 0.4) is 0 Å². The number of hydrogen-bond donors (Lipinski definition) is 1. The van der Waals surface area contributed by atoms with Gasteiger partial charge >= 0.3 is 0 Å². The molecule has 41 heavy (non-hydrogen) atoms. The molecule has 0 radical (unpaired) electrons. The van der Waals surface area contributed by atoms with Crippen LogP contribution in [-0.2, 0) is 32.6 Å². The van der Waals surface area contributed by atoms with Crippen LogP contribution in [0.1, 0.15) is 37.0 Å². The average Bonchev–Trinajstić information content (AvgIpc) is 2.93. The lowest BCUT2D eigenvalue weighted by Crippen LogP contribution is -2.54. The van der Waals surface area contributed by atoms with E-state index in [0.717, 1.165) is 21.7 Å². The Labute approximate surface area is 248 Å². The summed E-state index contributed by atoms with van der Waals surface area (Å²) in [5.74, 6) is -0.553. The van der Waals surface area contributed by atoms with E-state index in [1.54, 1.807) is 36.4 Å². The van der Waals surface area contributed by atoms with E-state index in [0.29, 0.717) is 22.8 Å². The van der Waals surface area contributed by atoms with Gasteiger partial charge in [-0.25, -0.2) is 8.42 Å². The fraction of sp³-hybridized carbons (Fsp3) is 0.355. The number of carbonyl (C=O) groups is 2. The number of ether oxygens (including phenoxy) is 1. The average molecular weight is 600 g/mol. The van der Waals surface area contributed by atoms with Gasteiger partial charge in [-0.15, -0.1) is 0 Å². The number of anilines is 1. The molecule has 1 N–H and O–H groups in total. The topological polar surface area (TPSA) is 96.0 Å². The molecular weight excluding hydrogens is 562 g/mol. The fourth-order valence-electron chi connectivity index (χ4n) is 4.42. The quantitative estimate of drug-likeness (QED) is 0.299. The summed E-state index contributed by atoms with van der Waals surface area (Å²) in [6.45, 7) is 5.21. The second kappa shape index (κ2) is 14.4. The van der Waals surface area contributed by atoms with Crippen LogP contribution in [0.2, 0.25) is 5.02 Å². The largest absolute Gasteiger partial charge is 0.495 e. The van der Waals surface area contributed by atoms with E-state index in [2.05, 4.69) is 5.32 Å². The molecule has 8 nitrogen and oxygen atoms in total. The first-order valence-corrected chi connectivity index (χ1v) is 15.7. The van der Waals surface area contributed by atoms with Gasteiger partial charge in [0.05, 0.1) is 19.1 Å². The van der Waals surface area contributed by atoms with Crippen molar-refractivity contribution in [3.8, 4) is 5.75 Å². The number of nitrogens with one attached hydrogen (secondary N) is 1. The van der Waals surface area contributed by atoms with Crippen molar-refractivity contribution in [3.63, 3.8) is 0 Å². The highest BCUT2D eigenvalue weighted by Crippen LogP contribution is 2.31. The second-order valence-corrected chi connectivity index (χ2v) is 12.5. The van der Waals surface area contributed by atoms with E-state index in [1.165, 1.54) is 12.0 Å². The molecule has 220 valence electrons. The maximum atomic E-state index is 14.2. The molecule has 3 rings (SSSR count). The summed E-state index contributed by atoms with van der Waals surface area (Å²) in [6, 6.07) is 20.5. The monoisotopic (exact) mass is 599 g/mol. The molecule has 0 spiro atoms. The SMILES string of the molecule is CC[C@H](C)NC(=O)[C@@H](Cc1ccccc1)N(Cc1cccc(Cl)c1)C(=O)CN(c1cc(C)ccc1OC)S(C)(=O)=O. The van der Waals surface area contributed by atoms with Crippen molar-refractivity contribution < 1.29 is 22.7 Å². The van der Waals surface area contributed by atoms with Gasteiger partial charge in [-0.05, 0) is 61.2 Å². The van der Waals surface area contributed by atoms with Gasteiger partial charge in [0.25, 0.3) is 0 Å². The summed E-state index contributed by atoms with van der Waals surface area (Å²) in [5.41, 5.74) is 2.61. The number of nitrogens with zero attached hydrogens (tertiary/aromatic N) is 2. The molecule has 0 aliphatic rings. The third-order valence-corrected chi connectivity index (χ3v) is 8.16. The Balaban J connectivity index is 2.10. The molecule has 0 bridgehead atoms. The predicted molar refractivity (Wildman–Crippen MR) is 164 cm³/mol. The Morgan fingerprint density at radius 3 is 2.29 bits per heavy atom. The molecule has 0 aromatic heterocycles. The van der Waals surface area contributed by atoms with Gasteiger partial charge in [0, 0.05) is 24.0 Å². The smallest absolute Gasteiger partial charge is 0.244 e. The van der Waals surface area contributed by atoms with E-state index >= 15 is 0 Å². The highest BCUT2D eigenvalue weighted by Gasteiger charge is 2.34. The molecule has 2 amide bonds. The Hall–Kier alpha value is -3.56. The van der Waals surface area contributed by atoms with Crippen LogP contribution in [0.5, 0.6) is 5.75 Å². The van der Waals surface area contributed by atoms with Crippen LogP contribution in [0.4, 0.5) is 5.69 Å². The molecule has 3 aromatic carbocycles. The lowest BCUT2D eigenvalue weighted by molar-refractivity contribution is -0.140. The number of carbonyl (C=O) groups excluding carboxylic acids is 2. The van der Waals surface area contributed by atoms with Crippen LogP contribution >= 0.6 is 11.6 Å². The van der Waals surface area contributed by atoms with E-state index < -0.39 is 28.5 Å². The number of aryl methyl sites for hydroxylation is 1. The molecule has 0 unspecified atom stereocenters. The maximum Gasteiger partial charge on any atom is 0.244 e. The van der Waals surface area contributed by atoms with Crippen molar-refractivity contribution in [3.05, 3.63) is 94.5 Å². The summed E-state index contributed by atoms with van der Waals surface area (Å²) >= 11 is 6.26. The molecular formula is C31H38ClN3O5S. The van der Waals surface area contributed by atoms with Crippen LogP contribution in [0.25, 0.3) is 0 Å². The second-order valence-electron chi connectivity index (χ2n) is 10.1. The third kappa shape index (κ3) is 8.96. The molecule has 0 saturated carbocycles. The summed E-state index contributed by atoms with van der Waals surface area (Å²) < 4.78 is 32.6. The Bertz CT molecular complexity index is 1450. The Kier molecular flexibility index (Phi) is 11.2. The van der Waals surface area contributed by atoms with Gasteiger partial charge in [-0.2, -0.15) is 0 Å².